The molecule has 0 saturated heterocycles. The molecule has 0 bridgehead atoms. The standard InChI is InChI=1S/C7H14N2O/c1-4-6(3)8-9-7(10)5-2/h4-5H2,1-3H3,(H,9,10). The third-order valence-corrected chi connectivity index (χ3v) is 1.20. The van der Waals surface area contributed by atoms with Crippen LogP contribution in [-0.2, 0) is 4.79 Å². The van der Waals surface area contributed by atoms with Gasteiger partial charge >= 0.3 is 0 Å². The average molecular weight is 142 g/mol. The number of rotatable bonds is 3. The van der Waals surface area contributed by atoms with Gasteiger partial charge in [-0.15, -0.1) is 0 Å². The molecule has 0 fully saturated rings. The molecule has 3 nitrogen and oxygen atoms in total. The highest BCUT2D eigenvalue weighted by molar-refractivity contribution is 5.83. The van der Waals surface area contributed by atoms with Crippen molar-refractivity contribution in [3.8, 4) is 0 Å². The Bertz CT molecular complexity index is 141. The van der Waals surface area contributed by atoms with Gasteiger partial charge < -0.3 is 0 Å². The fraction of sp³-hybridized carbons (Fsp3) is 0.714. The van der Waals surface area contributed by atoms with Gasteiger partial charge in [0, 0.05) is 12.1 Å². The molecule has 1 N–H and O–H groups in total. The van der Waals surface area contributed by atoms with Gasteiger partial charge in [-0.05, 0) is 13.3 Å². The van der Waals surface area contributed by atoms with Crippen LogP contribution in [0.5, 0.6) is 0 Å². The molecule has 0 rings (SSSR count). The first-order valence-corrected chi connectivity index (χ1v) is 3.52. The van der Waals surface area contributed by atoms with Gasteiger partial charge in [0.1, 0.15) is 0 Å². The molecule has 0 aliphatic rings. The molecule has 3 heteroatoms. The van der Waals surface area contributed by atoms with Crippen LogP contribution in [0.3, 0.4) is 0 Å². The van der Waals surface area contributed by atoms with Crippen molar-refractivity contribution in [3.63, 3.8) is 0 Å². The van der Waals surface area contributed by atoms with Crippen molar-refractivity contribution >= 4 is 11.6 Å². The summed E-state index contributed by atoms with van der Waals surface area (Å²) in [5.74, 6) is -0.0344. The Morgan fingerprint density at radius 1 is 1.40 bits per heavy atom. The number of carbonyl (C=O) groups excluding carboxylic acids is 1. The smallest absolute Gasteiger partial charge is 0.239 e. The van der Waals surface area contributed by atoms with E-state index in [9.17, 15) is 4.79 Å². The summed E-state index contributed by atoms with van der Waals surface area (Å²) in [6.45, 7) is 5.68. The highest BCUT2D eigenvalue weighted by Gasteiger charge is 1.91. The predicted octanol–water partition coefficient (Wildman–Crippen LogP) is 1.30. The van der Waals surface area contributed by atoms with Crippen molar-refractivity contribution in [2.75, 3.05) is 0 Å². The second kappa shape index (κ2) is 4.97. The molecule has 0 spiro atoms. The maximum atomic E-state index is 10.6. The number of carbonyl (C=O) groups is 1. The maximum Gasteiger partial charge on any atom is 0.239 e. The summed E-state index contributed by atoms with van der Waals surface area (Å²) < 4.78 is 0. The molecule has 10 heavy (non-hydrogen) atoms. The van der Waals surface area contributed by atoms with E-state index in [-0.39, 0.29) is 5.91 Å². The summed E-state index contributed by atoms with van der Waals surface area (Å²) in [7, 11) is 0. The first-order valence-electron chi connectivity index (χ1n) is 3.52. The molecule has 0 aromatic carbocycles. The number of amides is 1. The molecule has 0 unspecified atom stereocenters. The van der Waals surface area contributed by atoms with Crippen molar-refractivity contribution in [1.29, 1.82) is 0 Å². The number of hydrogen-bond donors (Lipinski definition) is 1. The SMILES string of the molecule is CCC(=O)NN=C(C)CC. The Morgan fingerprint density at radius 2 is 2.00 bits per heavy atom. The van der Waals surface area contributed by atoms with Crippen LogP contribution in [0, 0.1) is 0 Å². The molecule has 1 amide bonds. The van der Waals surface area contributed by atoms with Crippen molar-refractivity contribution < 1.29 is 4.79 Å². The van der Waals surface area contributed by atoms with E-state index in [2.05, 4.69) is 10.5 Å². The minimum Gasteiger partial charge on any atom is -0.273 e. The maximum absolute atomic E-state index is 10.6. The Balaban J connectivity index is 3.61. The number of hydrazone groups is 1. The van der Waals surface area contributed by atoms with Crippen LogP contribution in [0.4, 0.5) is 0 Å². The summed E-state index contributed by atoms with van der Waals surface area (Å²) >= 11 is 0. The largest absolute Gasteiger partial charge is 0.273 e. The van der Waals surface area contributed by atoms with Gasteiger partial charge in [0.05, 0.1) is 0 Å². The average Bonchev–Trinajstić information content (AvgIpc) is 1.99. The molecule has 0 aromatic heterocycles. The van der Waals surface area contributed by atoms with Gasteiger partial charge in [0.25, 0.3) is 0 Å². The van der Waals surface area contributed by atoms with Gasteiger partial charge in [0.2, 0.25) is 5.91 Å². The first kappa shape index (κ1) is 9.14. The lowest BCUT2D eigenvalue weighted by Crippen LogP contribution is -2.17. The van der Waals surface area contributed by atoms with Gasteiger partial charge in [-0.3, -0.25) is 4.79 Å². The molecule has 58 valence electrons. The summed E-state index contributed by atoms with van der Waals surface area (Å²) in [6, 6.07) is 0. The van der Waals surface area contributed by atoms with Crippen LogP contribution in [0.2, 0.25) is 0 Å². The molecule has 0 aliphatic heterocycles. The Morgan fingerprint density at radius 3 is 2.40 bits per heavy atom. The zero-order chi connectivity index (χ0) is 7.98. The summed E-state index contributed by atoms with van der Waals surface area (Å²) in [6.07, 6.45) is 1.37. The van der Waals surface area contributed by atoms with Crippen molar-refractivity contribution in [1.82, 2.24) is 5.43 Å². The predicted molar refractivity (Wildman–Crippen MR) is 41.8 cm³/mol. The normalized spacial score (nSPS) is 11.3. The minimum atomic E-state index is -0.0344. The molecule has 0 radical (unpaired) electrons. The summed E-state index contributed by atoms with van der Waals surface area (Å²) in [4.78, 5) is 10.6. The monoisotopic (exact) mass is 142 g/mol. The topological polar surface area (TPSA) is 41.5 Å². The summed E-state index contributed by atoms with van der Waals surface area (Å²) in [5, 5.41) is 3.83. The van der Waals surface area contributed by atoms with E-state index in [4.69, 9.17) is 0 Å². The van der Waals surface area contributed by atoms with E-state index < -0.39 is 0 Å². The fourth-order valence-electron chi connectivity index (χ4n) is 0.316. The molecule has 0 aliphatic carbocycles. The van der Waals surface area contributed by atoms with Gasteiger partial charge in [0.15, 0.2) is 0 Å². The van der Waals surface area contributed by atoms with E-state index in [0.717, 1.165) is 12.1 Å². The second-order valence-electron chi connectivity index (χ2n) is 2.09. The molecular weight excluding hydrogens is 128 g/mol. The van der Waals surface area contributed by atoms with Crippen molar-refractivity contribution in [2.45, 2.75) is 33.6 Å². The first-order chi connectivity index (χ1) is 4.70. The van der Waals surface area contributed by atoms with E-state index in [1.165, 1.54) is 0 Å². The third-order valence-electron chi connectivity index (χ3n) is 1.20. The highest BCUT2D eigenvalue weighted by Crippen LogP contribution is 1.82. The lowest BCUT2D eigenvalue weighted by atomic mass is 10.3. The zero-order valence-corrected chi connectivity index (χ0v) is 6.77. The molecule has 0 atom stereocenters. The van der Waals surface area contributed by atoms with Crippen molar-refractivity contribution in [2.24, 2.45) is 5.10 Å². The van der Waals surface area contributed by atoms with Crippen LogP contribution < -0.4 is 5.43 Å². The molecule has 0 heterocycles. The highest BCUT2D eigenvalue weighted by atomic mass is 16.2. The Labute approximate surface area is 61.5 Å². The van der Waals surface area contributed by atoms with Gasteiger partial charge in [-0.2, -0.15) is 5.10 Å². The van der Waals surface area contributed by atoms with Crippen molar-refractivity contribution in [3.05, 3.63) is 0 Å². The van der Waals surface area contributed by atoms with Crippen LogP contribution in [0.15, 0.2) is 5.10 Å². The third kappa shape index (κ3) is 4.06. The van der Waals surface area contributed by atoms with E-state index in [0.29, 0.717) is 6.42 Å². The number of nitrogens with zero attached hydrogens (tertiary/aromatic N) is 1. The summed E-state index contributed by atoms with van der Waals surface area (Å²) in [5.41, 5.74) is 3.38. The minimum absolute atomic E-state index is 0.0344. The van der Waals surface area contributed by atoms with E-state index in [1.807, 2.05) is 13.8 Å². The number of nitrogens with one attached hydrogen (secondary N) is 1. The zero-order valence-electron chi connectivity index (χ0n) is 6.77. The van der Waals surface area contributed by atoms with Crippen LogP contribution in [0.25, 0.3) is 0 Å². The van der Waals surface area contributed by atoms with E-state index in [1.54, 1.807) is 6.92 Å². The van der Waals surface area contributed by atoms with Gasteiger partial charge in [-0.25, -0.2) is 5.43 Å². The number of hydrogen-bond acceptors (Lipinski definition) is 2. The molecule has 0 aromatic rings. The van der Waals surface area contributed by atoms with Crippen LogP contribution in [-0.4, -0.2) is 11.6 Å². The fourth-order valence-corrected chi connectivity index (χ4v) is 0.316. The Hall–Kier alpha value is -0.860. The lowest BCUT2D eigenvalue weighted by molar-refractivity contribution is -0.120. The van der Waals surface area contributed by atoms with Gasteiger partial charge in [-0.1, -0.05) is 13.8 Å². The Kier molecular flexibility index (Phi) is 4.54. The molecular formula is C7H14N2O. The lowest BCUT2D eigenvalue weighted by Gasteiger charge is -1.96. The second-order valence-corrected chi connectivity index (χ2v) is 2.09. The van der Waals surface area contributed by atoms with Crippen LogP contribution in [0.1, 0.15) is 33.6 Å². The molecule has 0 saturated carbocycles. The van der Waals surface area contributed by atoms with Crippen LogP contribution >= 0.6 is 0 Å². The quantitative estimate of drug-likeness (QED) is 0.468. The van der Waals surface area contributed by atoms with E-state index >= 15 is 0 Å².